The predicted molar refractivity (Wildman–Crippen MR) is 139 cm³/mol. The smallest absolute Gasteiger partial charge is 0.321 e. The van der Waals surface area contributed by atoms with Crippen LogP contribution in [0, 0.1) is 5.92 Å². The number of likely N-dealkylation sites (tertiary alicyclic amines) is 1. The number of fused-ring (bicyclic) bond motifs is 4. The number of urea groups is 1. The molecule has 2 aromatic carbocycles. The summed E-state index contributed by atoms with van der Waals surface area (Å²) in [5.74, 6) is 2.29. The number of hydrogen-bond acceptors (Lipinski definition) is 5. The van der Waals surface area contributed by atoms with Crippen molar-refractivity contribution in [1.82, 2.24) is 14.4 Å². The van der Waals surface area contributed by atoms with Gasteiger partial charge in [-0.2, -0.15) is 0 Å². The standard InChI is InChI=1S/C28H34N4O4/c1-30-23-12-21(36-3)10-11-22(23)25-26(30)24(14-33)31(13-18-4-5-18)15-28(25)16-32(17-28)27(34)29-19-6-8-20(35-2)9-7-19/h6-12,18,24,33H,4-5,13-17H2,1-3H3,(H,29,34)/t24-/m0/s1. The fraction of sp³-hybridized carbons (Fsp3) is 0.464. The second kappa shape index (κ2) is 8.71. The maximum Gasteiger partial charge on any atom is 0.321 e. The van der Waals surface area contributed by atoms with Crippen LogP contribution in [0.2, 0.25) is 0 Å². The Morgan fingerprint density at radius 1 is 1.06 bits per heavy atom. The lowest BCUT2D eigenvalue weighted by atomic mass is 9.68. The van der Waals surface area contributed by atoms with Crippen molar-refractivity contribution < 1.29 is 19.4 Å². The summed E-state index contributed by atoms with van der Waals surface area (Å²) in [5.41, 5.74) is 4.14. The first-order chi connectivity index (χ1) is 17.5. The minimum Gasteiger partial charge on any atom is -0.497 e. The van der Waals surface area contributed by atoms with Gasteiger partial charge in [0.1, 0.15) is 11.5 Å². The third-order valence-electron chi connectivity index (χ3n) is 8.22. The number of hydrogen-bond donors (Lipinski definition) is 2. The van der Waals surface area contributed by atoms with E-state index in [1.54, 1.807) is 14.2 Å². The number of ether oxygens (including phenoxy) is 2. The zero-order chi connectivity index (χ0) is 25.0. The average Bonchev–Trinajstić information content (AvgIpc) is 3.65. The van der Waals surface area contributed by atoms with Crippen LogP contribution in [0.15, 0.2) is 42.5 Å². The largest absolute Gasteiger partial charge is 0.497 e. The maximum atomic E-state index is 13.1. The Kier molecular flexibility index (Phi) is 5.61. The molecule has 3 heterocycles. The second-order valence-electron chi connectivity index (χ2n) is 10.6. The van der Waals surface area contributed by atoms with Crippen molar-refractivity contribution in [2.45, 2.75) is 24.3 Å². The van der Waals surface area contributed by atoms with Gasteiger partial charge in [-0.1, -0.05) is 0 Å². The van der Waals surface area contributed by atoms with Crippen molar-refractivity contribution in [2.24, 2.45) is 13.0 Å². The number of rotatable bonds is 6. The quantitative estimate of drug-likeness (QED) is 0.550. The maximum absolute atomic E-state index is 13.1. The second-order valence-corrected chi connectivity index (χ2v) is 10.6. The lowest BCUT2D eigenvalue weighted by Gasteiger charge is -2.56. The Hall–Kier alpha value is -3.23. The number of aryl methyl sites for hydroxylation is 1. The van der Waals surface area contributed by atoms with Crippen LogP contribution in [-0.2, 0) is 12.5 Å². The molecular weight excluding hydrogens is 456 g/mol. The lowest BCUT2D eigenvalue weighted by Crippen LogP contribution is -2.68. The van der Waals surface area contributed by atoms with E-state index in [-0.39, 0.29) is 24.1 Å². The third-order valence-corrected chi connectivity index (χ3v) is 8.22. The van der Waals surface area contributed by atoms with Crippen molar-refractivity contribution in [2.75, 3.05) is 52.3 Å². The Labute approximate surface area is 211 Å². The van der Waals surface area contributed by atoms with Gasteiger partial charge in [0.2, 0.25) is 0 Å². The summed E-state index contributed by atoms with van der Waals surface area (Å²) in [7, 11) is 5.40. The van der Waals surface area contributed by atoms with Crippen LogP contribution >= 0.6 is 0 Å². The number of aliphatic hydroxyl groups excluding tert-OH is 1. The molecule has 1 saturated heterocycles. The van der Waals surface area contributed by atoms with Gasteiger partial charge < -0.3 is 29.4 Å². The SMILES string of the molecule is COc1ccc(NC(=O)N2CC3(C2)CN(CC2CC2)[C@@H](CO)c2c3c3ccc(OC)cc3n2C)cc1. The number of anilines is 1. The summed E-state index contributed by atoms with van der Waals surface area (Å²) in [4.78, 5) is 17.5. The zero-order valence-electron chi connectivity index (χ0n) is 21.2. The highest BCUT2D eigenvalue weighted by Crippen LogP contribution is 2.50. The zero-order valence-corrected chi connectivity index (χ0v) is 21.2. The van der Waals surface area contributed by atoms with E-state index in [2.05, 4.69) is 34.0 Å². The molecule has 2 aliphatic heterocycles. The van der Waals surface area contributed by atoms with Gasteiger partial charge in [-0.05, 0) is 60.7 Å². The van der Waals surface area contributed by atoms with Gasteiger partial charge in [-0.15, -0.1) is 0 Å². The highest BCUT2D eigenvalue weighted by atomic mass is 16.5. The van der Waals surface area contributed by atoms with Crippen molar-refractivity contribution in [3.05, 3.63) is 53.7 Å². The number of benzene rings is 2. The Morgan fingerprint density at radius 2 is 1.75 bits per heavy atom. The topological polar surface area (TPSA) is 79.2 Å². The van der Waals surface area contributed by atoms with Crippen LogP contribution in [0.1, 0.15) is 30.1 Å². The minimum absolute atomic E-state index is 0.0446. The minimum atomic E-state index is -0.165. The highest BCUT2D eigenvalue weighted by molar-refractivity contribution is 5.92. The van der Waals surface area contributed by atoms with E-state index in [1.807, 2.05) is 35.2 Å². The summed E-state index contributed by atoms with van der Waals surface area (Å²) in [6, 6.07) is 13.5. The normalized spacial score (nSPS) is 20.8. The first-order valence-corrected chi connectivity index (χ1v) is 12.7. The van der Waals surface area contributed by atoms with E-state index in [0.717, 1.165) is 35.8 Å². The molecule has 36 heavy (non-hydrogen) atoms. The molecule has 0 radical (unpaired) electrons. The summed E-state index contributed by atoms with van der Waals surface area (Å²) < 4.78 is 13.0. The van der Waals surface area contributed by atoms with Crippen LogP contribution in [-0.4, -0.2) is 72.5 Å². The Balaban J connectivity index is 1.34. The molecule has 1 saturated carbocycles. The van der Waals surface area contributed by atoms with Gasteiger partial charge in [0.05, 0.1) is 32.4 Å². The molecule has 1 atom stereocenters. The number of aromatic nitrogens is 1. The molecule has 190 valence electrons. The molecular formula is C28H34N4O4. The molecule has 0 unspecified atom stereocenters. The van der Waals surface area contributed by atoms with Gasteiger partial charge in [0.15, 0.2) is 0 Å². The average molecular weight is 491 g/mol. The molecule has 1 aromatic heterocycles. The van der Waals surface area contributed by atoms with E-state index in [0.29, 0.717) is 19.0 Å². The fourth-order valence-electron chi connectivity index (χ4n) is 6.25. The molecule has 1 spiro atoms. The van der Waals surface area contributed by atoms with Crippen molar-refractivity contribution in [1.29, 1.82) is 0 Å². The van der Waals surface area contributed by atoms with Crippen LogP contribution in [0.25, 0.3) is 10.9 Å². The number of amides is 2. The van der Waals surface area contributed by atoms with Crippen LogP contribution in [0.3, 0.4) is 0 Å². The molecule has 1 aliphatic carbocycles. The van der Waals surface area contributed by atoms with Crippen molar-refractivity contribution in [3.8, 4) is 11.5 Å². The van der Waals surface area contributed by atoms with E-state index in [1.165, 1.54) is 29.5 Å². The number of carbonyl (C=O) groups is 1. The molecule has 2 N–H and O–H groups in total. The van der Waals surface area contributed by atoms with Crippen LogP contribution < -0.4 is 14.8 Å². The molecule has 8 heteroatoms. The van der Waals surface area contributed by atoms with Crippen LogP contribution in [0.4, 0.5) is 10.5 Å². The molecule has 3 aliphatic rings. The van der Waals surface area contributed by atoms with E-state index in [4.69, 9.17) is 9.47 Å². The Morgan fingerprint density at radius 3 is 2.39 bits per heavy atom. The number of methoxy groups -OCH3 is 2. The van der Waals surface area contributed by atoms with Gasteiger partial charge in [-0.25, -0.2) is 4.79 Å². The summed E-state index contributed by atoms with van der Waals surface area (Å²) in [6.45, 7) is 3.21. The van der Waals surface area contributed by atoms with E-state index in [9.17, 15) is 9.90 Å². The van der Waals surface area contributed by atoms with E-state index < -0.39 is 0 Å². The van der Waals surface area contributed by atoms with Crippen LogP contribution in [0.5, 0.6) is 11.5 Å². The summed E-state index contributed by atoms with van der Waals surface area (Å²) in [5, 5.41) is 14.7. The predicted octanol–water partition coefficient (Wildman–Crippen LogP) is 3.74. The van der Waals surface area contributed by atoms with Gasteiger partial charge in [0.25, 0.3) is 0 Å². The highest BCUT2D eigenvalue weighted by Gasteiger charge is 2.55. The molecule has 3 aromatic rings. The Bertz CT molecular complexity index is 1290. The van der Waals surface area contributed by atoms with Crippen molar-refractivity contribution >= 4 is 22.6 Å². The first-order valence-electron chi connectivity index (χ1n) is 12.7. The van der Waals surface area contributed by atoms with E-state index >= 15 is 0 Å². The monoisotopic (exact) mass is 490 g/mol. The third kappa shape index (κ3) is 3.71. The molecule has 6 rings (SSSR count). The van der Waals surface area contributed by atoms with Crippen molar-refractivity contribution in [3.63, 3.8) is 0 Å². The number of carbonyl (C=O) groups excluding carboxylic acids is 1. The number of nitrogens with zero attached hydrogens (tertiary/aromatic N) is 3. The van der Waals surface area contributed by atoms with Gasteiger partial charge in [-0.3, -0.25) is 4.90 Å². The fourth-order valence-corrected chi connectivity index (χ4v) is 6.25. The van der Waals surface area contributed by atoms with Gasteiger partial charge in [0, 0.05) is 61.5 Å². The first kappa shape index (κ1) is 23.2. The number of aliphatic hydroxyl groups is 1. The lowest BCUT2D eigenvalue weighted by molar-refractivity contribution is 0.0130. The molecule has 2 fully saturated rings. The molecule has 0 bridgehead atoms. The molecule has 8 nitrogen and oxygen atoms in total. The van der Waals surface area contributed by atoms with Gasteiger partial charge >= 0.3 is 6.03 Å². The summed E-state index contributed by atoms with van der Waals surface area (Å²) in [6.07, 6.45) is 2.52. The number of nitrogens with one attached hydrogen (secondary N) is 1. The molecule has 2 amide bonds. The summed E-state index contributed by atoms with van der Waals surface area (Å²) >= 11 is 0.